The number of benzene rings is 2. The molecule has 0 fully saturated rings. The van der Waals surface area contributed by atoms with Gasteiger partial charge in [0.05, 0.1) is 5.56 Å². The van der Waals surface area contributed by atoms with Gasteiger partial charge < -0.3 is 4.42 Å². The van der Waals surface area contributed by atoms with Crippen LogP contribution in [0.3, 0.4) is 0 Å². The Hall–Kier alpha value is -1.62. The minimum Gasteiger partial charge on any atom is -0.455 e. The largest absolute Gasteiger partial charge is 0.455 e. The Balaban J connectivity index is 2.28. The van der Waals surface area contributed by atoms with E-state index in [1.807, 2.05) is 48.5 Å². The maximum Gasteiger partial charge on any atom is 0.154 e. The third-order valence-corrected chi connectivity index (χ3v) is 3.58. The van der Waals surface area contributed by atoms with Gasteiger partial charge in [0.1, 0.15) is 11.3 Å². The molecule has 0 saturated carbocycles. The molecular formula is C15H9IO2. The fourth-order valence-corrected chi connectivity index (χ4v) is 2.36. The summed E-state index contributed by atoms with van der Waals surface area (Å²) in [6.45, 7) is 0. The lowest BCUT2D eigenvalue weighted by Gasteiger charge is -1.98. The van der Waals surface area contributed by atoms with Crippen LogP contribution in [-0.4, -0.2) is 6.29 Å². The number of fused-ring (bicyclic) bond motifs is 1. The molecule has 1 aromatic heterocycles. The smallest absolute Gasteiger partial charge is 0.154 e. The predicted molar refractivity (Wildman–Crippen MR) is 79.8 cm³/mol. The zero-order chi connectivity index (χ0) is 12.5. The molecule has 0 atom stereocenters. The van der Waals surface area contributed by atoms with Gasteiger partial charge in [-0.25, -0.2) is 0 Å². The van der Waals surface area contributed by atoms with Crippen LogP contribution >= 0.6 is 22.6 Å². The van der Waals surface area contributed by atoms with Gasteiger partial charge in [0.25, 0.3) is 0 Å². The Morgan fingerprint density at radius 3 is 2.44 bits per heavy atom. The molecular weight excluding hydrogens is 339 g/mol. The monoisotopic (exact) mass is 348 g/mol. The number of carbonyl (C=O) groups excluding carboxylic acids is 1. The molecule has 0 N–H and O–H groups in total. The summed E-state index contributed by atoms with van der Waals surface area (Å²) >= 11 is 2.25. The summed E-state index contributed by atoms with van der Waals surface area (Å²) in [5, 5.41) is 0.862. The summed E-state index contributed by atoms with van der Waals surface area (Å²) in [6, 6.07) is 15.5. The van der Waals surface area contributed by atoms with E-state index in [1.54, 1.807) is 0 Å². The Morgan fingerprint density at radius 1 is 1.00 bits per heavy atom. The normalized spacial score (nSPS) is 10.7. The van der Waals surface area contributed by atoms with Crippen LogP contribution in [0.2, 0.25) is 0 Å². The van der Waals surface area contributed by atoms with Gasteiger partial charge in [-0.3, -0.25) is 4.79 Å². The van der Waals surface area contributed by atoms with E-state index < -0.39 is 0 Å². The first kappa shape index (κ1) is 11.5. The van der Waals surface area contributed by atoms with E-state index in [2.05, 4.69) is 22.6 Å². The first-order chi connectivity index (χ1) is 8.79. The number of hydrogen-bond acceptors (Lipinski definition) is 2. The van der Waals surface area contributed by atoms with Gasteiger partial charge in [-0.05, 0) is 40.8 Å². The van der Waals surface area contributed by atoms with E-state index in [-0.39, 0.29) is 0 Å². The molecule has 3 aromatic rings. The summed E-state index contributed by atoms with van der Waals surface area (Å²) in [4.78, 5) is 11.3. The Labute approximate surface area is 118 Å². The number of hydrogen-bond donors (Lipinski definition) is 0. The second-order valence-electron chi connectivity index (χ2n) is 3.97. The minimum atomic E-state index is 0.617. The van der Waals surface area contributed by atoms with E-state index >= 15 is 0 Å². The zero-order valence-corrected chi connectivity index (χ0v) is 11.5. The van der Waals surface area contributed by atoms with Crippen molar-refractivity contribution in [1.29, 1.82) is 0 Å². The van der Waals surface area contributed by atoms with E-state index in [0.717, 1.165) is 26.4 Å². The number of furan rings is 1. The molecule has 0 unspecified atom stereocenters. The maximum absolute atomic E-state index is 11.3. The average Bonchev–Trinajstić information content (AvgIpc) is 2.78. The van der Waals surface area contributed by atoms with Crippen molar-refractivity contribution in [2.45, 2.75) is 0 Å². The molecule has 1 heterocycles. The summed E-state index contributed by atoms with van der Waals surface area (Å²) in [5.41, 5.74) is 2.29. The number of rotatable bonds is 2. The van der Waals surface area contributed by atoms with Crippen LogP contribution in [0.1, 0.15) is 10.4 Å². The molecule has 0 bridgehead atoms. The fourth-order valence-electron chi connectivity index (χ4n) is 2.00. The summed E-state index contributed by atoms with van der Waals surface area (Å²) in [6.07, 6.45) is 0.860. The van der Waals surface area contributed by atoms with Crippen LogP contribution < -0.4 is 0 Å². The molecule has 3 rings (SSSR count). The molecule has 0 aliphatic carbocycles. The predicted octanol–water partition coefficient (Wildman–Crippen LogP) is 4.52. The van der Waals surface area contributed by atoms with Crippen molar-refractivity contribution >= 4 is 39.8 Å². The van der Waals surface area contributed by atoms with Crippen LogP contribution in [0.5, 0.6) is 0 Å². The minimum absolute atomic E-state index is 0.617. The van der Waals surface area contributed by atoms with Gasteiger partial charge in [0.15, 0.2) is 6.29 Å². The third kappa shape index (κ3) is 1.84. The summed E-state index contributed by atoms with van der Waals surface area (Å²) in [5.74, 6) is 0.641. The lowest BCUT2D eigenvalue weighted by atomic mass is 10.1. The SMILES string of the molecule is O=Cc1c(-c2ccc(I)cc2)oc2ccccc12. The fraction of sp³-hybridized carbons (Fsp3) is 0. The van der Waals surface area contributed by atoms with Crippen molar-refractivity contribution in [2.24, 2.45) is 0 Å². The molecule has 88 valence electrons. The van der Waals surface area contributed by atoms with Crippen molar-refractivity contribution in [3.8, 4) is 11.3 Å². The Morgan fingerprint density at radius 2 is 1.72 bits per heavy atom. The number of carbonyl (C=O) groups is 1. The quantitative estimate of drug-likeness (QED) is 0.504. The highest BCUT2D eigenvalue weighted by Gasteiger charge is 2.14. The lowest BCUT2D eigenvalue weighted by molar-refractivity contribution is 0.112. The molecule has 0 aliphatic rings. The van der Waals surface area contributed by atoms with Gasteiger partial charge in [-0.1, -0.05) is 30.3 Å². The van der Waals surface area contributed by atoms with Crippen LogP contribution in [0.25, 0.3) is 22.3 Å². The highest BCUT2D eigenvalue weighted by Crippen LogP contribution is 2.32. The zero-order valence-electron chi connectivity index (χ0n) is 9.39. The third-order valence-electron chi connectivity index (χ3n) is 2.86. The second-order valence-corrected chi connectivity index (χ2v) is 5.21. The van der Waals surface area contributed by atoms with E-state index in [1.165, 1.54) is 0 Å². The van der Waals surface area contributed by atoms with Gasteiger partial charge >= 0.3 is 0 Å². The second kappa shape index (κ2) is 4.57. The van der Waals surface area contributed by atoms with E-state index in [4.69, 9.17) is 4.42 Å². The Kier molecular flexibility index (Phi) is 2.91. The van der Waals surface area contributed by atoms with Crippen molar-refractivity contribution in [3.05, 3.63) is 57.7 Å². The van der Waals surface area contributed by atoms with Crippen molar-refractivity contribution in [1.82, 2.24) is 0 Å². The van der Waals surface area contributed by atoms with Gasteiger partial charge in [-0.15, -0.1) is 0 Å². The highest BCUT2D eigenvalue weighted by molar-refractivity contribution is 14.1. The van der Waals surface area contributed by atoms with Gasteiger partial charge in [0, 0.05) is 14.5 Å². The number of halogens is 1. The first-order valence-corrected chi connectivity index (χ1v) is 6.60. The van der Waals surface area contributed by atoms with Crippen molar-refractivity contribution in [2.75, 3.05) is 0 Å². The van der Waals surface area contributed by atoms with E-state index in [9.17, 15) is 4.79 Å². The van der Waals surface area contributed by atoms with Gasteiger partial charge in [-0.2, -0.15) is 0 Å². The molecule has 2 aromatic carbocycles. The maximum atomic E-state index is 11.3. The summed E-state index contributed by atoms with van der Waals surface area (Å²) < 4.78 is 6.94. The van der Waals surface area contributed by atoms with Crippen LogP contribution in [-0.2, 0) is 0 Å². The van der Waals surface area contributed by atoms with Gasteiger partial charge in [0.2, 0.25) is 0 Å². The topological polar surface area (TPSA) is 30.2 Å². The number of para-hydroxylation sites is 1. The van der Waals surface area contributed by atoms with Crippen LogP contribution in [0.15, 0.2) is 52.9 Å². The van der Waals surface area contributed by atoms with Crippen molar-refractivity contribution in [3.63, 3.8) is 0 Å². The molecule has 18 heavy (non-hydrogen) atoms. The highest BCUT2D eigenvalue weighted by atomic mass is 127. The number of aldehydes is 1. The molecule has 0 spiro atoms. The van der Waals surface area contributed by atoms with E-state index in [0.29, 0.717) is 11.3 Å². The molecule has 0 radical (unpaired) electrons. The average molecular weight is 348 g/mol. The first-order valence-electron chi connectivity index (χ1n) is 5.52. The molecule has 2 nitrogen and oxygen atoms in total. The van der Waals surface area contributed by atoms with Crippen molar-refractivity contribution < 1.29 is 9.21 Å². The summed E-state index contributed by atoms with van der Waals surface area (Å²) in [7, 11) is 0. The lowest BCUT2D eigenvalue weighted by Crippen LogP contribution is -1.82. The standard InChI is InChI=1S/C15H9IO2/c16-11-7-5-10(6-8-11)15-13(9-17)12-3-1-2-4-14(12)18-15/h1-9H. The molecule has 3 heteroatoms. The van der Waals surface area contributed by atoms with Crippen LogP contribution in [0, 0.1) is 3.57 Å². The van der Waals surface area contributed by atoms with Crippen LogP contribution in [0.4, 0.5) is 0 Å². The molecule has 0 saturated heterocycles. The molecule has 0 aliphatic heterocycles. The molecule has 0 amide bonds. The Bertz CT molecular complexity index is 711.